The lowest BCUT2D eigenvalue weighted by Crippen LogP contribution is -2.16. The zero-order chi connectivity index (χ0) is 25.3. The Kier molecular flexibility index (Phi) is 5.72. The summed E-state index contributed by atoms with van der Waals surface area (Å²) in [6, 6.07) is 17.1. The second kappa shape index (κ2) is 9.02. The van der Waals surface area contributed by atoms with Crippen molar-refractivity contribution in [1.82, 2.24) is 25.8 Å². The zero-order valence-corrected chi connectivity index (χ0v) is 19.0. The summed E-state index contributed by atoms with van der Waals surface area (Å²) in [6.07, 6.45) is 1.48. The molecule has 0 spiro atoms. The van der Waals surface area contributed by atoms with Gasteiger partial charge in [-0.2, -0.15) is 18.9 Å². The number of fused-ring (bicyclic) bond motifs is 1. The topological polar surface area (TPSA) is 188 Å². The molecule has 0 fully saturated rings. The predicted octanol–water partition coefficient (Wildman–Crippen LogP) is 3.11. The fraction of sp³-hybridized carbons (Fsp3) is 0.0435. The van der Waals surface area contributed by atoms with Gasteiger partial charge in [0.25, 0.3) is 16.0 Å². The van der Waals surface area contributed by atoms with Crippen LogP contribution in [0.1, 0.15) is 32.3 Å². The SMILES string of the molecule is N#Cc1ccc(NC(=O)c2cccc(C(c3ccc4cnoc4c3)S(=O)(=O)O)c2)c(-c2nn[nH]n2)c1. The van der Waals surface area contributed by atoms with Gasteiger partial charge in [-0.05, 0) is 58.8 Å². The van der Waals surface area contributed by atoms with E-state index in [1.165, 1.54) is 54.7 Å². The van der Waals surface area contributed by atoms with Crippen molar-refractivity contribution in [3.05, 3.63) is 89.1 Å². The summed E-state index contributed by atoms with van der Waals surface area (Å²) in [5.74, 6) is -0.392. The molecule has 0 radical (unpaired) electrons. The van der Waals surface area contributed by atoms with E-state index in [1.807, 2.05) is 6.07 Å². The molecule has 5 rings (SSSR count). The van der Waals surface area contributed by atoms with Crippen molar-refractivity contribution in [3.63, 3.8) is 0 Å². The van der Waals surface area contributed by atoms with E-state index < -0.39 is 21.3 Å². The van der Waals surface area contributed by atoms with Crippen LogP contribution in [0.3, 0.4) is 0 Å². The molecule has 3 aromatic carbocycles. The number of anilines is 1. The van der Waals surface area contributed by atoms with Gasteiger partial charge in [-0.25, -0.2) is 0 Å². The van der Waals surface area contributed by atoms with Crippen molar-refractivity contribution in [2.24, 2.45) is 0 Å². The van der Waals surface area contributed by atoms with E-state index in [4.69, 9.17) is 4.52 Å². The third kappa shape index (κ3) is 4.41. The lowest BCUT2D eigenvalue weighted by molar-refractivity contribution is 0.102. The van der Waals surface area contributed by atoms with Crippen LogP contribution < -0.4 is 5.32 Å². The maximum absolute atomic E-state index is 13.1. The van der Waals surface area contributed by atoms with Crippen LogP contribution in [0.25, 0.3) is 22.4 Å². The average Bonchev–Trinajstić information content (AvgIpc) is 3.56. The summed E-state index contributed by atoms with van der Waals surface area (Å²) < 4.78 is 39.9. The van der Waals surface area contributed by atoms with Gasteiger partial charge in [0.05, 0.1) is 23.5 Å². The van der Waals surface area contributed by atoms with Gasteiger partial charge in [0.15, 0.2) is 5.58 Å². The van der Waals surface area contributed by atoms with E-state index in [0.717, 1.165) is 0 Å². The van der Waals surface area contributed by atoms with E-state index in [2.05, 4.69) is 31.1 Å². The molecule has 0 aliphatic rings. The van der Waals surface area contributed by atoms with Crippen molar-refractivity contribution >= 4 is 32.7 Å². The molecule has 2 heterocycles. The van der Waals surface area contributed by atoms with E-state index in [9.17, 15) is 23.0 Å². The molecule has 1 atom stereocenters. The van der Waals surface area contributed by atoms with Gasteiger partial charge in [0.1, 0.15) is 5.25 Å². The maximum Gasteiger partial charge on any atom is 0.276 e. The molecule has 0 aliphatic carbocycles. The van der Waals surface area contributed by atoms with Crippen LogP contribution in [0.2, 0.25) is 0 Å². The van der Waals surface area contributed by atoms with Crippen molar-refractivity contribution in [2.75, 3.05) is 5.32 Å². The Morgan fingerprint density at radius 1 is 1.11 bits per heavy atom. The molecule has 0 saturated heterocycles. The summed E-state index contributed by atoms with van der Waals surface area (Å²) in [4.78, 5) is 13.1. The van der Waals surface area contributed by atoms with Gasteiger partial charge in [-0.15, -0.1) is 10.2 Å². The van der Waals surface area contributed by atoms with E-state index >= 15 is 0 Å². The summed E-state index contributed by atoms with van der Waals surface area (Å²) in [5, 5.41) is 28.5. The first-order valence-electron chi connectivity index (χ1n) is 10.3. The molecular formula is C23H15N7O5S. The fourth-order valence-electron chi connectivity index (χ4n) is 3.80. The summed E-state index contributed by atoms with van der Waals surface area (Å²) >= 11 is 0. The van der Waals surface area contributed by atoms with Crippen LogP contribution in [0.5, 0.6) is 0 Å². The van der Waals surface area contributed by atoms with Crippen molar-refractivity contribution in [3.8, 4) is 17.5 Å². The zero-order valence-electron chi connectivity index (χ0n) is 18.2. The first-order chi connectivity index (χ1) is 17.3. The Morgan fingerprint density at radius 2 is 1.94 bits per heavy atom. The van der Waals surface area contributed by atoms with Crippen LogP contribution in [0, 0.1) is 11.3 Å². The number of tetrazole rings is 1. The van der Waals surface area contributed by atoms with Crippen LogP contribution in [-0.2, 0) is 10.1 Å². The monoisotopic (exact) mass is 501 g/mol. The number of rotatable bonds is 6. The van der Waals surface area contributed by atoms with Crippen LogP contribution in [0.15, 0.2) is 71.4 Å². The van der Waals surface area contributed by atoms with Crippen molar-refractivity contribution in [2.45, 2.75) is 5.25 Å². The number of carbonyl (C=O) groups is 1. The number of amides is 1. The first-order valence-corrected chi connectivity index (χ1v) is 11.8. The number of nitrogens with one attached hydrogen (secondary N) is 2. The number of aromatic amines is 1. The minimum Gasteiger partial charge on any atom is -0.356 e. The molecule has 178 valence electrons. The smallest absolute Gasteiger partial charge is 0.276 e. The van der Waals surface area contributed by atoms with Gasteiger partial charge in [-0.1, -0.05) is 23.4 Å². The fourth-order valence-corrected chi connectivity index (χ4v) is 4.78. The number of hydrogen-bond donors (Lipinski definition) is 3. The number of nitrogens with zero attached hydrogens (tertiary/aromatic N) is 5. The van der Waals surface area contributed by atoms with E-state index in [1.54, 1.807) is 12.1 Å². The molecule has 3 N–H and O–H groups in total. The Hall–Kier alpha value is -4.93. The normalized spacial score (nSPS) is 12.2. The minimum absolute atomic E-state index is 0.130. The number of nitriles is 1. The first kappa shape index (κ1) is 22.8. The van der Waals surface area contributed by atoms with Crippen LogP contribution >= 0.6 is 0 Å². The molecule has 1 amide bonds. The third-order valence-corrected chi connectivity index (χ3v) is 6.56. The lowest BCUT2D eigenvalue weighted by atomic mass is 10.0. The average molecular weight is 501 g/mol. The van der Waals surface area contributed by atoms with Crippen molar-refractivity contribution in [1.29, 1.82) is 5.26 Å². The highest BCUT2D eigenvalue weighted by Crippen LogP contribution is 2.33. The van der Waals surface area contributed by atoms with Crippen LogP contribution in [-0.4, -0.2) is 44.7 Å². The Morgan fingerprint density at radius 3 is 2.69 bits per heavy atom. The van der Waals surface area contributed by atoms with Crippen molar-refractivity contribution < 1.29 is 22.3 Å². The molecule has 1 unspecified atom stereocenters. The van der Waals surface area contributed by atoms with Gasteiger partial charge in [0, 0.05) is 16.5 Å². The Balaban J connectivity index is 1.50. The van der Waals surface area contributed by atoms with Gasteiger partial charge in [0.2, 0.25) is 5.82 Å². The molecule has 2 aromatic heterocycles. The second-order valence-electron chi connectivity index (χ2n) is 7.71. The highest BCUT2D eigenvalue weighted by Gasteiger charge is 2.28. The van der Waals surface area contributed by atoms with Gasteiger partial charge in [-0.3, -0.25) is 9.35 Å². The third-order valence-electron chi connectivity index (χ3n) is 5.42. The minimum atomic E-state index is -4.62. The Bertz CT molecular complexity index is 1740. The number of carbonyl (C=O) groups excluding carboxylic acids is 1. The molecule has 5 aromatic rings. The number of H-pyrrole nitrogens is 1. The highest BCUT2D eigenvalue weighted by atomic mass is 32.2. The van der Waals surface area contributed by atoms with E-state index in [-0.39, 0.29) is 22.5 Å². The highest BCUT2D eigenvalue weighted by molar-refractivity contribution is 7.86. The number of aromatic nitrogens is 5. The molecule has 12 nitrogen and oxygen atoms in total. The molecule has 13 heteroatoms. The quantitative estimate of drug-likeness (QED) is 0.292. The van der Waals surface area contributed by atoms with Gasteiger partial charge < -0.3 is 9.84 Å². The lowest BCUT2D eigenvalue weighted by Gasteiger charge is -2.16. The molecular weight excluding hydrogens is 486 g/mol. The maximum atomic E-state index is 13.1. The van der Waals surface area contributed by atoms with Crippen LogP contribution in [0.4, 0.5) is 5.69 Å². The Labute approximate surface area is 203 Å². The molecule has 0 saturated carbocycles. The molecule has 0 bridgehead atoms. The second-order valence-corrected chi connectivity index (χ2v) is 9.21. The standard InChI is InChI=1S/C23H15N7O5S/c24-11-13-4-7-19(18(8-13)22-27-29-30-28-22)26-23(31)16-3-1-2-14(9-16)21(36(32,33)34)15-5-6-17-12-25-35-20(17)10-15/h1-10,12,21H,(H,26,31)(H,32,33,34)(H,27,28,29,30). The number of hydrogen-bond acceptors (Lipinski definition) is 9. The summed E-state index contributed by atoms with van der Waals surface area (Å²) in [7, 11) is -4.62. The molecule has 0 aliphatic heterocycles. The summed E-state index contributed by atoms with van der Waals surface area (Å²) in [5.41, 5.74) is 1.90. The van der Waals surface area contributed by atoms with E-state index in [0.29, 0.717) is 27.8 Å². The van der Waals surface area contributed by atoms with Gasteiger partial charge >= 0.3 is 0 Å². The largest absolute Gasteiger partial charge is 0.356 e. The predicted molar refractivity (Wildman–Crippen MR) is 126 cm³/mol. The molecule has 36 heavy (non-hydrogen) atoms. The number of benzene rings is 3. The summed E-state index contributed by atoms with van der Waals surface area (Å²) in [6.45, 7) is 0.